The molecule has 0 saturated heterocycles. The maximum absolute atomic E-state index is 9.45. The van der Waals surface area contributed by atoms with Gasteiger partial charge in [-0.15, -0.1) is 0 Å². The van der Waals surface area contributed by atoms with Gasteiger partial charge >= 0.3 is 0 Å². The predicted octanol–water partition coefficient (Wildman–Crippen LogP) is 6.28. The molecule has 0 saturated carbocycles. The van der Waals surface area contributed by atoms with Crippen LogP contribution in [0.2, 0.25) is 5.02 Å². The number of hydrogen-bond acceptors (Lipinski definition) is 1. The maximum atomic E-state index is 9.45. The lowest BCUT2D eigenvalue weighted by Gasteiger charge is -2.09. The lowest BCUT2D eigenvalue weighted by atomic mass is 9.97. The first-order valence-electron chi connectivity index (χ1n) is 6.82. The Bertz CT molecular complexity index is 1110. The minimum Gasteiger partial charge on any atom is -0.192 e. The van der Waals surface area contributed by atoms with Crippen molar-refractivity contribution in [1.29, 1.82) is 5.26 Å². The van der Waals surface area contributed by atoms with Crippen LogP contribution in [0.4, 0.5) is 0 Å². The lowest BCUT2D eigenvalue weighted by Crippen LogP contribution is -1.87. The van der Waals surface area contributed by atoms with Crippen molar-refractivity contribution in [3.05, 3.63) is 68.8 Å². The number of nitrogens with zero attached hydrogens (tertiary/aromatic N) is 1. The summed E-state index contributed by atoms with van der Waals surface area (Å²) in [5, 5.41) is 16.7. The van der Waals surface area contributed by atoms with Crippen molar-refractivity contribution in [3.63, 3.8) is 0 Å². The van der Waals surface area contributed by atoms with E-state index < -0.39 is 0 Å². The van der Waals surface area contributed by atoms with E-state index in [1.807, 2.05) is 18.2 Å². The molecular formula is C19H9ClIN. The summed E-state index contributed by atoms with van der Waals surface area (Å²) in [6.45, 7) is 0. The van der Waals surface area contributed by atoms with Crippen LogP contribution in [0.15, 0.2) is 54.6 Å². The van der Waals surface area contributed by atoms with Gasteiger partial charge in [-0.2, -0.15) is 5.26 Å². The van der Waals surface area contributed by atoms with E-state index in [0.717, 1.165) is 25.1 Å². The van der Waals surface area contributed by atoms with E-state index in [9.17, 15) is 5.26 Å². The summed E-state index contributed by atoms with van der Waals surface area (Å²) in [5.74, 6) is 0. The van der Waals surface area contributed by atoms with E-state index in [4.69, 9.17) is 11.6 Å². The fourth-order valence-corrected chi connectivity index (χ4v) is 4.07. The van der Waals surface area contributed by atoms with Gasteiger partial charge in [0.25, 0.3) is 0 Å². The second kappa shape index (κ2) is 5.12. The molecule has 0 atom stereocenters. The molecule has 0 heterocycles. The molecule has 0 aliphatic carbocycles. The van der Waals surface area contributed by atoms with Gasteiger partial charge in [0, 0.05) is 19.4 Å². The Labute approximate surface area is 146 Å². The molecule has 0 bridgehead atoms. The van der Waals surface area contributed by atoms with Crippen molar-refractivity contribution < 1.29 is 0 Å². The maximum Gasteiger partial charge on any atom is 0.101 e. The summed E-state index contributed by atoms with van der Waals surface area (Å²) in [4.78, 5) is 0. The van der Waals surface area contributed by atoms with Gasteiger partial charge in [0.1, 0.15) is 6.07 Å². The lowest BCUT2D eigenvalue weighted by molar-refractivity contribution is 1.49. The zero-order valence-electron chi connectivity index (χ0n) is 11.4. The molecule has 0 amide bonds. The van der Waals surface area contributed by atoms with E-state index in [2.05, 4.69) is 65.1 Å². The first-order chi connectivity index (χ1) is 10.7. The molecule has 0 unspecified atom stereocenters. The molecule has 4 aromatic carbocycles. The molecule has 0 radical (unpaired) electrons. The van der Waals surface area contributed by atoms with Gasteiger partial charge < -0.3 is 0 Å². The number of benzene rings is 4. The van der Waals surface area contributed by atoms with Crippen LogP contribution in [0.3, 0.4) is 0 Å². The van der Waals surface area contributed by atoms with Crippen molar-refractivity contribution in [2.45, 2.75) is 0 Å². The van der Waals surface area contributed by atoms with Gasteiger partial charge in [0.2, 0.25) is 0 Å². The minimum absolute atomic E-state index is 0.688. The summed E-state index contributed by atoms with van der Waals surface area (Å²) in [6, 6.07) is 20.9. The largest absolute Gasteiger partial charge is 0.192 e. The highest BCUT2D eigenvalue weighted by molar-refractivity contribution is 14.1. The topological polar surface area (TPSA) is 23.8 Å². The van der Waals surface area contributed by atoms with Crippen LogP contribution in [0, 0.1) is 14.9 Å². The number of halogens is 2. The Hall–Kier alpha value is -1.83. The van der Waals surface area contributed by atoms with Crippen molar-refractivity contribution in [2.24, 2.45) is 0 Å². The third-order valence-corrected chi connectivity index (χ3v) is 5.14. The van der Waals surface area contributed by atoms with E-state index in [1.54, 1.807) is 0 Å². The second-order valence-electron chi connectivity index (χ2n) is 5.27. The third-order valence-electron chi connectivity index (χ3n) is 3.97. The quantitative estimate of drug-likeness (QED) is 0.246. The summed E-state index contributed by atoms with van der Waals surface area (Å²) < 4.78 is 0.887. The Kier molecular flexibility index (Phi) is 3.21. The molecule has 0 aliphatic rings. The van der Waals surface area contributed by atoms with Gasteiger partial charge in [-0.1, -0.05) is 35.9 Å². The molecular weight excluding hydrogens is 405 g/mol. The molecule has 0 aromatic heterocycles. The Balaban J connectivity index is 2.22. The van der Waals surface area contributed by atoms with Crippen LogP contribution in [0.25, 0.3) is 32.3 Å². The van der Waals surface area contributed by atoms with Crippen LogP contribution in [-0.2, 0) is 0 Å². The van der Waals surface area contributed by atoms with Gasteiger partial charge in [0.15, 0.2) is 0 Å². The van der Waals surface area contributed by atoms with E-state index in [1.165, 1.54) is 10.8 Å². The number of rotatable bonds is 0. The molecule has 4 aromatic rings. The summed E-state index contributed by atoms with van der Waals surface area (Å²) >= 11 is 8.56. The predicted molar refractivity (Wildman–Crippen MR) is 101 cm³/mol. The van der Waals surface area contributed by atoms with Crippen LogP contribution in [0.5, 0.6) is 0 Å². The highest BCUT2D eigenvalue weighted by Gasteiger charge is 2.11. The Morgan fingerprint density at radius 3 is 2.00 bits per heavy atom. The monoisotopic (exact) mass is 413 g/mol. The van der Waals surface area contributed by atoms with E-state index >= 15 is 0 Å². The smallest absolute Gasteiger partial charge is 0.101 e. The molecule has 1 nitrogen and oxygen atoms in total. The van der Waals surface area contributed by atoms with Gasteiger partial charge in [-0.25, -0.2) is 0 Å². The third kappa shape index (κ3) is 2.05. The fourth-order valence-electron chi connectivity index (χ4n) is 2.90. The first kappa shape index (κ1) is 13.8. The summed E-state index contributed by atoms with van der Waals surface area (Å²) in [5.41, 5.74) is 0.690. The van der Waals surface area contributed by atoms with Crippen LogP contribution in [0.1, 0.15) is 5.56 Å². The van der Waals surface area contributed by atoms with Gasteiger partial charge in [-0.3, -0.25) is 0 Å². The molecule has 0 aliphatic heterocycles. The first-order valence-corrected chi connectivity index (χ1v) is 8.27. The van der Waals surface area contributed by atoms with E-state index in [-0.39, 0.29) is 0 Å². The number of hydrogen-bond donors (Lipinski definition) is 0. The average molecular weight is 414 g/mol. The second-order valence-corrected chi connectivity index (χ2v) is 6.84. The van der Waals surface area contributed by atoms with Gasteiger partial charge in [-0.05, 0) is 74.5 Å². The van der Waals surface area contributed by atoms with Gasteiger partial charge in [0.05, 0.1) is 5.56 Å². The molecule has 3 heteroatoms. The van der Waals surface area contributed by atoms with Crippen molar-refractivity contribution in [2.75, 3.05) is 0 Å². The normalized spacial score (nSPS) is 11.1. The number of nitriles is 1. The fraction of sp³-hybridized carbons (Fsp3) is 0. The number of fused-ring (bicyclic) bond motifs is 3. The Morgan fingerprint density at radius 2 is 1.41 bits per heavy atom. The van der Waals surface area contributed by atoms with Crippen molar-refractivity contribution >= 4 is 66.5 Å². The zero-order chi connectivity index (χ0) is 15.3. The highest BCUT2D eigenvalue weighted by Crippen LogP contribution is 2.34. The van der Waals surface area contributed by atoms with Crippen LogP contribution >= 0.6 is 34.2 Å². The molecule has 104 valence electrons. The zero-order valence-corrected chi connectivity index (χ0v) is 14.3. The Morgan fingerprint density at radius 1 is 0.818 bits per heavy atom. The minimum atomic E-state index is 0.688. The molecule has 0 fully saturated rings. The standard InChI is InChI=1S/C19H9ClIN/c20-18-9-19(21)17(10-22)15-7-13-5-11-3-1-2-4-12(11)6-14(13)8-16(15)18/h1-9H. The molecule has 0 N–H and O–H groups in total. The van der Waals surface area contributed by atoms with E-state index in [0.29, 0.717) is 10.6 Å². The van der Waals surface area contributed by atoms with Crippen molar-refractivity contribution in [3.8, 4) is 6.07 Å². The average Bonchev–Trinajstić information content (AvgIpc) is 2.52. The summed E-state index contributed by atoms with van der Waals surface area (Å²) in [7, 11) is 0. The highest BCUT2D eigenvalue weighted by atomic mass is 127. The van der Waals surface area contributed by atoms with Crippen molar-refractivity contribution in [1.82, 2.24) is 0 Å². The molecule has 0 spiro atoms. The van der Waals surface area contributed by atoms with Crippen LogP contribution in [-0.4, -0.2) is 0 Å². The summed E-state index contributed by atoms with van der Waals surface area (Å²) in [6.07, 6.45) is 0. The SMILES string of the molecule is N#Cc1c(I)cc(Cl)c2cc3cc4ccccc4cc3cc12. The molecule has 22 heavy (non-hydrogen) atoms. The van der Waals surface area contributed by atoms with Crippen LogP contribution < -0.4 is 0 Å². The molecule has 4 rings (SSSR count).